The van der Waals surface area contributed by atoms with Crippen LogP contribution in [0, 0.1) is 0 Å². The highest BCUT2D eigenvalue weighted by atomic mass is 16.6. The third-order valence-corrected chi connectivity index (χ3v) is 9.98. The Labute approximate surface area is 268 Å². The van der Waals surface area contributed by atoms with Gasteiger partial charge >= 0.3 is 5.97 Å². The fourth-order valence-electron chi connectivity index (χ4n) is 7.30. The van der Waals surface area contributed by atoms with E-state index in [9.17, 15) is 20.1 Å². The first-order chi connectivity index (χ1) is 21.4. The largest absolute Gasteiger partial charge is 0.455 e. The predicted molar refractivity (Wildman–Crippen MR) is 175 cm³/mol. The standard InChI is InChI=1S/C37H66O7/c1-3-4-5-6-7-8-9-10-11-12-13-17-20-33(40)34-23-24-36(44-34)35-22-21-32(43-35)27-31(39)19-16-14-15-18-30(38)26-29-25-28(2)42-37(29)41/h25,28,30-36,38-40H,3-24,26-27H2,1-2H3/t28-,30+,31?,32?,33-,34-,35?,36?/m0/s1. The van der Waals surface area contributed by atoms with Crippen molar-refractivity contribution in [2.75, 3.05) is 0 Å². The van der Waals surface area contributed by atoms with Crippen LogP contribution in [0.4, 0.5) is 0 Å². The van der Waals surface area contributed by atoms with E-state index in [0.717, 1.165) is 64.2 Å². The van der Waals surface area contributed by atoms with E-state index in [1.165, 1.54) is 70.6 Å². The van der Waals surface area contributed by atoms with Crippen LogP contribution < -0.4 is 0 Å². The van der Waals surface area contributed by atoms with Gasteiger partial charge in [-0.15, -0.1) is 0 Å². The molecule has 2 fully saturated rings. The van der Waals surface area contributed by atoms with Crippen LogP contribution in [-0.2, 0) is 19.0 Å². The molecule has 44 heavy (non-hydrogen) atoms. The number of unbranched alkanes of at least 4 members (excludes halogenated alkanes) is 13. The van der Waals surface area contributed by atoms with Crippen LogP contribution in [0.15, 0.2) is 11.6 Å². The first-order valence-corrected chi connectivity index (χ1v) is 18.6. The molecule has 3 N–H and O–H groups in total. The van der Waals surface area contributed by atoms with Crippen molar-refractivity contribution in [1.82, 2.24) is 0 Å². The van der Waals surface area contributed by atoms with Crippen molar-refractivity contribution in [3.05, 3.63) is 11.6 Å². The third-order valence-electron chi connectivity index (χ3n) is 9.98. The van der Waals surface area contributed by atoms with Gasteiger partial charge in [0.1, 0.15) is 6.10 Å². The van der Waals surface area contributed by atoms with Gasteiger partial charge in [-0.25, -0.2) is 4.79 Å². The molecular formula is C37H66O7. The Kier molecular flexibility index (Phi) is 18.5. The molecule has 0 aliphatic carbocycles. The molecule has 0 spiro atoms. The highest BCUT2D eigenvalue weighted by Crippen LogP contribution is 2.34. The van der Waals surface area contributed by atoms with Gasteiger partial charge in [0.2, 0.25) is 0 Å². The number of ether oxygens (including phenoxy) is 3. The first-order valence-electron chi connectivity index (χ1n) is 18.6. The highest BCUT2D eigenvalue weighted by Gasteiger charge is 2.39. The Balaban J connectivity index is 1.15. The molecule has 0 aromatic rings. The minimum atomic E-state index is -0.527. The number of carbonyl (C=O) groups is 1. The molecule has 4 unspecified atom stereocenters. The molecular weight excluding hydrogens is 556 g/mol. The van der Waals surface area contributed by atoms with Crippen LogP contribution in [0.25, 0.3) is 0 Å². The van der Waals surface area contributed by atoms with Gasteiger partial charge in [0.25, 0.3) is 0 Å². The quantitative estimate of drug-likeness (QED) is 0.0703. The molecule has 7 nitrogen and oxygen atoms in total. The van der Waals surface area contributed by atoms with E-state index in [4.69, 9.17) is 14.2 Å². The van der Waals surface area contributed by atoms with Gasteiger partial charge in [0, 0.05) is 12.0 Å². The Morgan fingerprint density at radius 1 is 0.705 bits per heavy atom. The first kappa shape index (κ1) is 37.5. The molecule has 0 aromatic heterocycles. The maximum atomic E-state index is 11.7. The smallest absolute Gasteiger partial charge is 0.334 e. The van der Waals surface area contributed by atoms with Gasteiger partial charge < -0.3 is 29.5 Å². The Morgan fingerprint density at radius 2 is 1.25 bits per heavy atom. The Morgan fingerprint density at radius 3 is 1.89 bits per heavy atom. The number of carbonyl (C=O) groups excluding carboxylic acids is 1. The average molecular weight is 623 g/mol. The van der Waals surface area contributed by atoms with E-state index < -0.39 is 6.10 Å². The number of esters is 1. The van der Waals surface area contributed by atoms with Crippen molar-refractivity contribution in [2.45, 2.75) is 217 Å². The number of rotatable bonds is 25. The van der Waals surface area contributed by atoms with Gasteiger partial charge in [-0.1, -0.05) is 103 Å². The molecule has 3 aliphatic heterocycles. The second-order valence-electron chi connectivity index (χ2n) is 14.1. The number of cyclic esters (lactones) is 1. The lowest BCUT2D eigenvalue weighted by Gasteiger charge is -2.23. The fourth-order valence-corrected chi connectivity index (χ4v) is 7.30. The molecule has 2 saturated heterocycles. The Bertz CT molecular complexity index is 801. The molecule has 0 bridgehead atoms. The van der Waals surface area contributed by atoms with E-state index in [-0.39, 0.29) is 48.7 Å². The molecule has 0 amide bonds. The van der Waals surface area contributed by atoms with Gasteiger partial charge in [-0.05, 0) is 64.4 Å². The van der Waals surface area contributed by atoms with Crippen molar-refractivity contribution in [1.29, 1.82) is 0 Å². The van der Waals surface area contributed by atoms with Crippen LogP contribution in [0.2, 0.25) is 0 Å². The van der Waals surface area contributed by atoms with Crippen molar-refractivity contribution >= 4 is 5.97 Å². The van der Waals surface area contributed by atoms with Crippen molar-refractivity contribution in [2.24, 2.45) is 0 Å². The summed E-state index contributed by atoms with van der Waals surface area (Å²) in [6.45, 7) is 4.10. The van der Waals surface area contributed by atoms with Crippen LogP contribution in [0.1, 0.15) is 168 Å². The molecule has 3 rings (SSSR count). The Hall–Kier alpha value is -0.990. The summed E-state index contributed by atoms with van der Waals surface area (Å²) in [6, 6.07) is 0. The highest BCUT2D eigenvalue weighted by molar-refractivity contribution is 5.90. The van der Waals surface area contributed by atoms with Crippen molar-refractivity contribution in [3.8, 4) is 0 Å². The number of hydrogen-bond acceptors (Lipinski definition) is 7. The number of hydrogen-bond donors (Lipinski definition) is 3. The summed E-state index contributed by atoms with van der Waals surface area (Å²) < 4.78 is 17.7. The van der Waals surface area contributed by atoms with E-state index in [0.29, 0.717) is 24.8 Å². The van der Waals surface area contributed by atoms with Crippen molar-refractivity contribution < 1.29 is 34.3 Å². The zero-order valence-corrected chi connectivity index (χ0v) is 28.1. The zero-order chi connectivity index (χ0) is 31.6. The topological polar surface area (TPSA) is 105 Å². The van der Waals surface area contributed by atoms with Crippen LogP contribution in [-0.4, -0.2) is 70.1 Å². The summed E-state index contributed by atoms with van der Waals surface area (Å²) in [7, 11) is 0. The molecule has 3 aliphatic rings. The maximum absolute atomic E-state index is 11.7. The molecule has 0 aromatic carbocycles. The van der Waals surface area contributed by atoms with Crippen LogP contribution >= 0.6 is 0 Å². The monoisotopic (exact) mass is 622 g/mol. The van der Waals surface area contributed by atoms with E-state index in [1.807, 2.05) is 6.92 Å². The molecule has 0 saturated carbocycles. The predicted octanol–water partition coefficient (Wildman–Crippen LogP) is 7.86. The van der Waals surface area contributed by atoms with Crippen LogP contribution in [0.3, 0.4) is 0 Å². The van der Waals surface area contributed by atoms with Crippen LogP contribution in [0.5, 0.6) is 0 Å². The summed E-state index contributed by atoms with van der Waals surface area (Å²) in [5.74, 6) is -0.307. The van der Waals surface area contributed by atoms with Gasteiger partial charge in [-0.3, -0.25) is 0 Å². The van der Waals surface area contributed by atoms with E-state index >= 15 is 0 Å². The third kappa shape index (κ3) is 14.6. The lowest BCUT2D eigenvalue weighted by molar-refractivity contribution is -0.139. The zero-order valence-electron chi connectivity index (χ0n) is 28.1. The van der Waals surface area contributed by atoms with E-state index in [2.05, 4.69) is 6.92 Å². The van der Waals surface area contributed by atoms with E-state index in [1.54, 1.807) is 6.08 Å². The lowest BCUT2D eigenvalue weighted by atomic mass is 9.99. The second kappa shape index (κ2) is 21.7. The lowest BCUT2D eigenvalue weighted by Crippen LogP contribution is -2.31. The summed E-state index contributed by atoms with van der Waals surface area (Å²) >= 11 is 0. The molecule has 3 heterocycles. The summed E-state index contributed by atoms with van der Waals surface area (Å²) in [5.41, 5.74) is 0.583. The van der Waals surface area contributed by atoms with Gasteiger partial charge in [-0.2, -0.15) is 0 Å². The number of aliphatic hydroxyl groups is 3. The average Bonchev–Trinajstić information content (AvgIpc) is 3.73. The molecule has 7 heteroatoms. The molecule has 256 valence electrons. The molecule has 0 radical (unpaired) electrons. The molecule has 8 atom stereocenters. The normalized spacial score (nSPS) is 27.4. The summed E-state index contributed by atoms with van der Waals surface area (Å²) in [4.78, 5) is 11.7. The maximum Gasteiger partial charge on any atom is 0.334 e. The SMILES string of the molecule is CCCCCCCCCCCCCC[C@H](O)[C@@H]1CCC(C2CCC(CC(O)CCCCC[C@@H](O)CC3=C[C@H](C)OC3=O)O2)O1. The summed E-state index contributed by atoms with van der Waals surface area (Å²) in [6.07, 6.45) is 26.2. The van der Waals surface area contributed by atoms with Gasteiger partial charge in [0.05, 0.1) is 42.7 Å². The fraction of sp³-hybridized carbons (Fsp3) is 0.919. The minimum absolute atomic E-state index is 0.0632. The van der Waals surface area contributed by atoms with Gasteiger partial charge in [0.15, 0.2) is 0 Å². The summed E-state index contributed by atoms with van der Waals surface area (Å²) in [5, 5.41) is 31.6. The number of aliphatic hydroxyl groups excluding tert-OH is 3. The second-order valence-corrected chi connectivity index (χ2v) is 14.1. The minimum Gasteiger partial charge on any atom is -0.455 e. The van der Waals surface area contributed by atoms with Crippen molar-refractivity contribution in [3.63, 3.8) is 0 Å².